The lowest BCUT2D eigenvalue weighted by molar-refractivity contribution is -0.145. The molecule has 2 aromatic rings. The van der Waals surface area contributed by atoms with Crippen molar-refractivity contribution in [2.75, 3.05) is 18.5 Å². The summed E-state index contributed by atoms with van der Waals surface area (Å²) in [6, 6.07) is 17.3. The van der Waals surface area contributed by atoms with E-state index < -0.39 is 0 Å². The Morgan fingerprint density at radius 1 is 1.00 bits per heavy atom. The topological polar surface area (TPSA) is 76.7 Å². The summed E-state index contributed by atoms with van der Waals surface area (Å²) in [5.74, 6) is 0.498. The molecule has 0 atom stereocenters. The smallest absolute Gasteiger partial charge is 0.306 e. The standard InChI is InChI=1S/C24H30N2O4S/c1-18(2)17-30-21-12-10-20(11-13-21)25-24(31)26-22(27)14-15-23(28)29-16-6-9-19-7-4-3-5-8-19/h3-5,7-8,10-13,18H,6,9,14-17H2,1-2H3,(H2,25,26,27,31). The van der Waals surface area contributed by atoms with E-state index in [1.807, 2.05) is 54.6 Å². The molecule has 0 spiro atoms. The molecule has 0 heterocycles. The highest BCUT2D eigenvalue weighted by atomic mass is 32.1. The summed E-state index contributed by atoms with van der Waals surface area (Å²) in [5, 5.41) is 5.69. The van der Waals surface area contributed by atoms with E-state index in [-0.39, 0.29) is 29.8 Å². The van der Waals surface area contributed by atoms with Crippen LogP contribution in [0.25, 0.3) is 0 Å². The van der Waals surface area contributed by atoms with Crippen LogP contribution in [0.2, 0.25) is 0 Å². The monoisotopic (exact) mass is 442 g/mol. The SMILES string of the molecule is CC(C)COc1ccc(NC(=S)NC(=O)CCC(=O)OCCCc2ccccc2)cc1. The molecule has 0 aromatic heterocycles. The number of amides is 1. The lowest BCUT2D eigenvalue weighted by Crippen LogP contribution is -2.34. The lowest BCUT2D eigenvalue weighted by atomic mass is 10.1. The van der Waals surface area contributed by atoms with Gasteiger partial charge in [-0.15, -0.1) is 0 Å². The van der Waals surface area contributed by atoms with Crippen molar-refractivity contribution in [1.29, 1.82) is 0 Å². The van der Waals surface area contributed by atoms with Gasteiger partial charge in [0.15, 0.2) is 5.11 Å². The number of thiocarbonyl (C=S) groups is 1. The van der Waals surface area contributed by atoms with Crippen LogP contribution in [-0.2, 0) is 20.7 Å². The van der Waals surface area contributed by atoms with E-state index in [1.54, 1.807) is 0 Å². The van der Waals surface area contributed by atoms with Gasteiger partial charge in [0.05, 0.1) is 19.6 Å². The van der Waals surface area contributed by atoms with E-state index in [1.165, 1.54) is 5.56 Å². The number of benzene rings is 2. The molecule has 7 heteroatoms. The third-order valence-corrected chi connectivity index (χ3v) is 4.42. The molecular formula is C24H30N2O4S. The van der Waals surface area contributed by atoms with Gasteiger partial charge in [-0.1, -0.05) is 44.2 Å². The van der Waals surface area contributed by atoms with Crippen LogP contribution in [0.3, 0.4) is 0 Å². The highest BCUT2D eigenvalue weighted by Gasteiger charge is 2.10. The van der Waals surface area contributed by atoms with Gasteiger partial charge < -0.3 is 20.1 Å². The maximum Gasteiger partial charge on any atom is 0.306 e. The fraction of sp³-hybridized carbons (Fsp3) is 0.375. The first-order chi connectivity index (χ1) is 14.9. The van der Waals surface area contributed by atoms with Gasteiger partial charge in [0.25, 0.3) is 0 Å². The van der Waals surface area contributed by atoms with Crippen molar-refractivity contribution in [2.24, 2.45) is 5.92 Å². The van der Waals surface area contributed by atoms with Gasteiger partial charge >= 0.3 is 5.97 Å². The summed E-state index contributed by atoms with van der Waals surface area (Å²) < 4.78 is 10.8. The largest absolute Gasteiger partial charge is 0.493 e. The van der Waals surface area contributed by atoms with Crippen LogP contribution in [-0.4, -0.2) is 30.2 Å². The highest BCUT2D eigenvalue weighted by Crippen LogP contribution is 2.16. The summed E-state index contributed by atoms with van der Waals surface area (Å²) in [5.41, 5.74) is 1.94. The second-order valence-corrected chi connectivity index (χ2v) is 7.95. The fourth-order valence-corrected chi connectivity index (χ4v) is 2.88. The Morgan fingerprint density at radius 2 is 1.71 bits per heavy atom. The Labute approximate surface area is 189 Å². The molecule has 1 amide bonds. The van der Waals surface area contributed by atoms with Gasteiger partial charge in [-0.3, -0.25) is 9.59 Å². The maximum absolute atomic E-state index is 12.0. The predicted molar refractivity (Wildman–Crippen MR) is 126 cm³/mol. The molecule has 0 aliphatic carbocycles. The molecule has 2 aromatic carbocycles. The zero-order valence-electron chi connectivity index (χ0n) is 18.1. The first-order valence-electron chi connectivity index (χ1n) is 10.5. The van der Waals surface area contributed by atoms with Crippen LogP contribution in [0.5, 0.6) is 5.75 Å². The molecule has 0 unspecified atom stereocenters. The number of esters is 1. The zero-order valence-corrected chi connectivity index (χ0v) is 18.9. The predicted octanol–water partition coefficient (Wildman–Crippen LogP) is 4.49. The molecule has 0 fully saturated rings. The first-order valence-corrected chi connectivity index (χ1v) is 10.9. The first kappa shape index (κ1) is 24.3. The number of anilines is 1. The maximum atomic E-state index is 12.0. The average molecular weight is 443 g/mol. The molecular weight excluding hydrogens is 412 g/mol. The molecule has 0 aliphatic heterocycles. The van der Waals surface area contributed by atoms with E-state index in [9.17, 15) is 9.59 Å². The van der Waals surface area contributed by atoms with Crippen LogP contribution in [0.4, 0.5) is 5.69 Å². The van der Waals surface area contributed by atoms with Crippen molar-refractivity contribution >= 4 is 34.9 Å². The van der Waals surface area contributed by atoms with Crippen molar-refractivity contribution in [3.8, 4) is 5.75 Å². The van der Waals surface area contributed by atoms with Crippen molar-refractivity contribution < 1.29 is 19.1 Å². The third kappa shape index (κ3) is 10.6. The van der Waals surface area contributed by atoms with E-state index in [4.69, 9.17) is 21.7 Å². The minimum Gasteiger partial charge on any atom is -0.493 e. The summed E-state index contributed by atoms with van der Waals surface area (Å²) in [4.78, 5) is 23.8. The number of hydrogen-bond acceptors (Lipinski definition) is 5. The quantitative estimate of drug-likeness (QED) is 0.303. The molecule has 0 saturated heterocycles. The number of carbonyl (C=O) groups is 2. The van der Waals surface area contributed by atoms with Gasteiger partial charge in [-0.25, -0.2) is 0 Å². The second kappa shape index (κ2) is 13.4. The number of aryl methyl sites for hydroxylation is 1. The van der Waals surface area contributed by atoms with Crippen LogP contribution in [0.15, 0.2) is 54.6 Å². The molecule has 2 N–H and O–H groups in total. The Balaban J connectivity index is 1.59. The number of carbonyl (C=O) groups excluding carboxylic acids is 2. The summed E-state index contributed by atoms with van der Waals surface area (Å²) >= 11 is 5.15. The normalized spacial score (nSPS) is 10.4. The molecule has 166 valence electrons. The van der Waals surface area contributed by atoms with Crippen LogP contribution in [0.1, 0.15) is 38.7 Å². The van der Waals surface area contributed by atoms with Gasteiger partial charge in [0, 0.05) is 12.1 Å². The minimum atomic E-state index is -0.390. The molecule has 0 bridgehead atoms. The molecule has 31 heavy (non-hydrogen) atoms. The molecule has 0 aliphatic rings. The van der Waals surface area contributed by atoms with E-state index in [0.717, 1.165) is 24.3 Å². The van der Waals surface area contributed by atoms with Crippen molar-refractivity contribution in [3.63, 3.8) is 0 Å². The third-order valence-electron chi connectivity index (χ3n) is 4.22. The molecule has 6 nitrogen and oxygen atoms in total. The van der Waals surface area contributed by atoms with Crippen LogP contribution in [0, 0.1) is 5.92 Å². The van der Waals surface area contributed by atoms with E-state index >= 15 is 0 Å². The van der Waals surface area contributed by atoms with Gasteiger partial charge in [0.1, 0.15) is 5.75 Å². The van der Waals surface area contributed by atoms with Crippen LogP contribution >= 0.6 is 12.2 Å². The molecule has 0 radical (unpaired) electrons. The Hall–Kier alpha value is -2.93. The lowest BCUT2D eigenvalue weighted by Gasteiger charge is -2.11. The molecule has 0 saturated carbocycles. The Bertz CT molecular complexity index is 838. The summed E-state index contributed by atoms with van der Waals surface area (Å²) in [6.07, 6.45) is 1.62. The van der Waals surface area contributed by atoms with Crippen molar-refractivity contribution in [3.05, 3.63) is 60.2 Å². The number of rotatable bonds is 11. The number of ether oxygens (including phenoxy) is 2. The minimum absolute atomic E-state index is 0.0152. The zero-order chi connectivity index (χ0) is 22.5. The second-order valence-electron chi connectivity index (χ2n) is 7.54. The van der Waals surface area contributed by atoms with Crippen molar-refractivity contribution in [2.45, 2.75) is 39.5 Å². The Kier molecular flexibility index (Phi) is 10.5. The average Bonchev–Trinajstić information content (AvgIpc) is 2.75. The molecule has 2 rings (SSSR count). The van der Waals surface area contributed by atoms with Gasteiger partial charge in [-0.2, -0.15) is 0 Å². The summed E-state index contributed by atoms with van der Waals surface area (Å²) in [7, 11) is 0. The number of nitrogens with one attached hydrogen (secondary N) is 2. The van der Waals surface area contributed by atoms with Gasteiger partial charge in [0.2, 0.25) is 5.91 Å². The van der Waals surface area contributed by atoms with E-state index in [0.29, 0.717) is 19.1 Å². The summed E-state index contributed by atoms with van der Waals surface area (Å²) in [6.45, 7) is 5.16. The van der Waals surface area contributed by atoms with E-state index in [2.05, 4.69) is 24.5 Å². The van der Waals surface area contributed by atoms with Crippen molar-refractivity contribution in [1.82, 2.24) is 5.32 Å². The van der Waals surface area contributed by atoms with Crippen LogP contribution < -0.4 is 15.4 Å². The Morgan fingerprint density at radius 3 is 2.39 bits per heavy atom. The van der Waals surface area contributed by atoms with Gasteiger partial charge in [-0.05, 0) is 60.8 Å². The fourth-order valence-electron chi connectivity index (χ4n) is 2.64. The number of hydrogen-bond donors (Lipinski definition) is 2. The highest BCUT2D eigenvalue weighted by molar-refractivity contribution is 7.80.